The van der Waals surface area contributed by atoms with Gasteiger partial charge < -0.3 is 10.6 Å². The molecule has 20 heavy (non-hydrogen) atoms. The highest BCUT2D eigenvalue weighted by atomic mass is 79.9. The Morgan fingerprint density at radius 2 is 2.25 bits per heavy atom. The molecule has 0 radical (unpaired) electrons. The molecule has 3 nitrogen and oxygen atoms in total. The molecule has 2 rings (SSSR count). The van der Waals surface area contributed by atoms with Gasteiger partial charge >= 0.3 is 0 Å². The Kier molecular flexibility index (Phi) is 5.61. The largest absolute Gasteiger partial charge is 0.329 e. The fourth-order valence-corrected chi connectivity index (χ4v) is 3.45. The van der Waals surface area contributed by atoms with Crippen molar-refractivity contribution in [3.8, 4) is 0 Å². The molecule has 0 bridgehead atoms. The molecule has 1 aliphatic rings. The molecule has 2 unspecified atom stereocenters. The zero-order chi connectivity index (χ0) is 14.7. The quantitative estimate of drug-likeness (QED) is 0.895. The minimum Gasteiger partial charge on any atom is -0.329 e. The Balaban J connectivity index is 2.08. The van der Waals surface area contributed by atoms with Gasteiger partial charge in [-0.1, -0.05) is 28.1 Å². The third kappa shape index (κ3) is 3.61. The maximum atomic E-state index is 6.03. The number of likely N-dealkylation sites (tertiary alicyclic amines) is 1. The van der Waals surface area contributed by atoms with Crippen molar-refractivity contribution >= 4 is 15.9 Å². The first-order valence-electron chi connectivity index (χ1n) is 7.39. The van der Waals surface area contributed by atoms with E-state index in [-0.39, 0.29) is 0 Å². The summed E-state index contributed by atoms with van der Waals surface area (Å²) in [4.78, 5) is 4.87. The topological polar surface area (TPSA) is 32.5 Å². The van der Waals surface area contributed by atoms with Crippen molar-refractivity contribution < 1.29 is 0 Å². The Morgan fingerprint density at radius 1 is 1.50 bits per heavy atom. The summed E-state index contributed by atoms with van der Waals surface area (Å²) in [6.45, 7) is 5.08. The lowest BCUT2D eigenvalue weighted by Crippen LogP contribution is -2.40. The van der Waals surface area contributed by atoms with Crippen molar-refractivity contribution in [2.24, 2.45) is 5.73 Å². The highest BCUT2D eigenvalue weighted by Crippen LogP contribution is 2.26. The Hall–Kier alpha value is -0.420. The van der Waals surface area contributed by atoms with Crippen molar-refractivity contribution in [3.05, 3.63) is 33.8 Å². The van der Waals surface area contributed by atoms with E-state index in [0.717, 1.165) is 6.54 Å². The number of rotatable bonds is 5. The second-order valence-electron chi connectivity index (χ2n) is 5.98. The van der Waals surface area contributed by atoms with Crippen LogP contribution in [0.2, 0.25) is 0 Å². The molecule has 2 N–H and O–H groups in total. The van der Waals surface area contributed by atoms with Crippen LogP contribution in [-0.4, -0.2) is 49.6 Å². The number of benzene rings is 1. The van der Waals surface area contributed by atoms with E-state index in [2.05, 4.69) is 64.9 Å². The zero-order valence-electron chi connectivity index (χ0n) is 12.8. The second-order valence-corrected chi connectivity index (χ2v) is 6.83. The van der Waals surface area contributed by atoms with Crippen LogP contribution in [-0.2, 0) is 0 Å². The highest BCUT2D eigenvalue weighted by molar-refractivity contribution is 9.10. The predicted molar refractivity (Wildman–Crippen MR) is 89.0 cm³/mol. The SMILES string of the molecule is Cc1ccc(C(CN)N(C)CC2CCCN2C)cc1Br. The predicted octanol–water partition coefficient (Wildman–Crippen LogP) is 2.78. The lowest BCUT2D eigenvalue weighted by molar-refractivity contribution is 0.179. The molecule has 0 saturated carbocycles. The fourth-order valence-electron chi connectivity index (χ4n) is 3.06. The smallest absolute Gasteiger partial charge is 0.0468 e. The number of hydrogen-bond donors (Lipinski definition) is 1. The molecule has 0 aliphatic carbocycles. The number of aryl methyl sites for hydroxylation is 1. The highest BCUT2D eigenvalue weighted by Gasteiger charge is 2.25. The van der Waals surface area contributed by atoms with Gasteiger partial charge in [0.15, 0.2) is 0 Å². The van der Waals surface area contributed by atoms with Crippen molar-refractivity contribution in [1.29, 1.82) is 0 Å². The molecule has 2 atom stereocenters. The Labute approximate surface area is 131 Å². The summed E-state index contributed by atoms with van der Waals surface area (Å²) in [5.41, 5.74) is 8.60. The molecule has 1 saturated heterocycles. The first kappa shape index (κ1) is 16.0. The van der Waals surface area contributed by atoms with Crippen LogP contribution in [0, 0.1) is 6.92 Å². The minimum atomic E-state index is 0.292. The van der Waals surface area contributed by atoms with Crippen molar-refractivity contribution in [3.63, 3.8) is 0 Å². The molecule has 4 heteroatoms. The van der Waals surface area contributed by atoms with Crippen molar-refractivity contribution in [1.82, 2.24) is 9.80 Å². The molecular weight excluding hydrogens is 314 g/mol. The van der Waals surface area contributed by atoms with Crippen LogP contribution in [0.15, 0.2) is 22.7 Å². The molecule has 1 heterocycles. The maximum absolute atomic E-state index is 6.03. The van der Waals surface area contributed by atoms with Gasteiger partial charge in [0, 0.05) is 29.6 Å². The molecule has 0 aromatic heterocycles. The van der Waals surface area contributed by atoms with Gasteiger partial charge in [0.1, 0.15) is 0 Å². The number of hydrogen-bond acceptors (Lipinski definition) is 3. The Morgan fingerprint density at radius 3 is 2.80 bits per heavy atom. The van der Waals surface area contributed by atoms with Crippen molar-refractivity contribution in [2.45, 2.75) is 31.8 Å². The first-order chi connectivity index (χ1) is 9.52. The van der Waals surface area contributed by atoms with Gasteiger partial charge in [0.2, 0.25) is 0 Å². The van der Waals surface area contributed by atoms with E-state index in [0.29, 0.717) is 18.6 Å². The van der Waals surface area contributed by atoms with E-state index in [9.17, 15) is 0 Å². The minimum absolute atomic E-state index is 0.292. The third-order valence-electron chi connectivity index (χ3n) is 4.51. The maximum Gasteiger partial charge on any atom is 0.0468 e. The number of nitrogens with zero attached hydrogens (tertiary/aromatic N) is 2. The first-order valence-corrected chi connectivity index (χ1v) is 8.18. The van der Waals surface area contributed by atoms with Crippen LogP contribution in [0.3, 0.4) is 0 Å². The standard InChI is InChI=1S/C16H26BrN3/c1-12-6-7-13(9-15(12)17)16(10-18)20(3)11-14-5-4-8-19(14)2/h6-7,9,14,16H,4-5,8,10-11,18H2,1-3H3. The molecule has 0 spiro atoms. The van der Waals surface area contributed by atoms with Gasteiger partial charge in [-0.3, -0.25) is 4.90 Å². The summed E-state index contributed by atoms with van der Waals surface area (Å²) in [7, 11) is 4.42. The zero-order valence-corrected chi connectivity index (χ0v) is 14.4. The summed E-state index contributed by atoms with van der Waals surface area (Å²) in [6, 6.07) is 7.54. The van der Waals surface area contributed by atoms with E-state index in [1.807, 2.05) is 0 Å². The van der Waals surface area contributed by atoms with Gasteiger partial charge in [-0.2, -0.15) is 0 Å². The molecule has 1 fully saturated rings. The van der Waals surface area contributed by atoms with Crippen molar-refractivity contribution in [2.75, 3.05) is 33.7 Å². The van der Waals surface area contributed by atoms with Crippen LogP contribution in [0.4, 0.5) is 0 Å². The van der Waals surface area contributed by atoms with E-state index < -0.39 is 0 Å². The average molecular weight is 340 g/mol. The molecule has 1 aromatic carbocycles. The van der Waals surface area contributed by atoms with Crippen LogP contribution < -0.4 is 5.73 Å². The van der Waals surface area contributed by atoms with E-state index >= 15 is 0 Å². The van der Waals surface area contributed by atoms with Crippen LogP contribution in [0.1, 0.15) is 30.0 Å². The number of likely N-dealkylation sites (N-methyl/N-ethyl adjacent to an activating group) is 2. The van der Waals surface area contributed by atoms with E-state index in [1.54, 1.807) is 0 Å². The summed E-state index contributed by atoms with van der Waals surface area (Å²) in [5.74, 6) is 0. The molecular formula is C16H26BrN3. The van der Waals surface area contributed by atoms with E-state index in [4.69, 9.17) is 5.73 Å². The molecule has 1 aliphatic heterocycles. The van der Waals surface area contributed by atoms with E-state index in [1.165, 1.54) is 35.0 Å². The summed E-state index contributed by atoms with van der Waals surface area (Å²) >= 11 is 3.62. The summed E-state index contributed by atoms with van der Waals surface area (Å²) in [6.07, 6.45) is 2.62. The average Bonchev–Trinajstić information content (AvgIpc) is 2.80. The number of nitrogens with two attached hydrogens (primary N) is 1. The van der Waals surface area contributed by atoms with Gasteiger partial charge in [0.25, 0.3) is 0 Å². The summed E-state index contributed by atoms with van der Waals surface area (Å²) < 4.78 is 1.17. The molecule has 112 valence electrons. The van der Waals surface area contributed by atoms with Crippen LogP contribution in [0.25, 0.3) is 0 Å². The molecule has 0 amide bonds. The lowest BCUT2D eigenvalue weighted by atomic mass is 10.0. The Bertz CT molecular complexity index is 449. The van der Waals surface area contributed by atoms with Gasteiger partial charge in [-0.25, -0.2) is 0 Å². The second kappa shape index (κ2) is 7.03. The lowest BCUT2D eigenvalue weighted by Gasteiger charge is -2.32. The number of halogens is 1. The summed E-state index contributed by atoms with van der Waals surface area (Å²) in [5, 5.41) is 0. The van der Waals surface area contributed by atoms with Gasteiger partial charge in [-0.15, -0.1) is 0 Å². The third-order valence-corrected chi connectivity index (χ3v) is 5.36. The van der Waals surface area contributed by atoms with Crippen LogP contribution >= 0.6 is 15.9 Å². The fraction of sp³-hybridized carbons (Fsp3) is 0.625. The van der Waals surface area contributed by atoms with Gasteiger partial charge in [0.05, 0.1) is 0 Å². The molecule has 1 aromatic rings. The van der Waals surface area contributed by atoms with Gasteiger partial charge in [-0.05, 0) is 57.6 Å². The van der Waals surface area contributed by atoms with Crippen LogP contribution in [0.5, 0.6) is 0 Å². The normalized spacial score (nSPS) is 21.6. The monoisotopic (exact) mass is 339 g/mol.